The lowest BCUT2D eigenvalue weighted by Crippen LogP contribution is -2.19. The number of para-hydroxylation sites is 2. The molecule has 2 N–H and O–H groups in total. The molecule has 7 rings (SSSR count). The lowest BCUT2D eigenvalue weighted by molar-refractivity contribution is 0.0942. The van der Waals surface area contributed by atoms with E-state index in [9.17, 15) is 9.59 Å². The Morgan fingerprint density at radius 3 is 1.45 bits per heavy atom. The van der Waals surface area contributed by atoms with E-state index >= 15 is 0 Å². The van der Waals surface area contributed by atoms with Gasteiger partial charge in [-0.05, 0) is 36.4 Å². The van der Waals surface area contributed by atoms with Crippen molar-refractivity contribution in [2.24, 2.45) is 10.2 Å². The summed E-state index contributed by atoms with van der Waals surface area (Å²) in [6.07, 6.45) is 6.53. The minimum absolute atomic E-state index is 0.160. The first-order chi connectivity index (χ1) is 21.6. The Morgan fingerprint density at radius 1 is 0.545 bits per heavy atom. The maximum atomic E-state index is 13.0. The van der Waals surface area contributed by atoms with Crippen molar-refractivity contribution in [3.05, 3.63) is 132 Å². The monoisotopic (exact) mass is 574 g/mol. The van der Waals surface area contributed by atoms with Crippen molar-refractivity contribution in [3.63, 3.8) is 0 Å². The predicted molar refractivity (Wildman–Crippen MR) is 171 cm³/mol. The summed E-state index contributed by atoms with van der Waals surface area (Å²) in [5.41, 5.74) is 9.69. The molecule has 7 aromatic rings. The molecule has 210 valence electrons. The van der Waals surface area contributed by atoms with Gasteiger partial charge in [0.2, 0.25) is 0 Å². The van der Waals surface area contributed by atoms with Gasteiger partial charge in [0.05, 0.1) is 34.5 Å². The fourth-order valence-electron chi connectivity index (χ4n) is 4.92. The van der Waals surface area contributed by atoms with E-state index in [4.69, 9.17) is 0 Å². The third-order valence-electron chi connectivity index (χ3n) is 7.09. The fourth-order valence-corrected chi connectivity index (χ4v) is 4.92. The first kappa shape index (κ1) is 26.5. The first-order valence-corrected chi connectivity index (χ1v) is 13.7. The van der Waals surface area contributed by atoms with Crippen LogP contribution in [0, 0.1) is 0 Å². The van der Waals surface area contributed by atoms with Gasteiger partial charge in [0, 0.05) is 45.1 Å². The molecule has 0 unspecified atom stereocenters. The molecule has 10 nitrogen and oxygen atoms in total. The second-order valence-electron chi connectivity index (χ2n) is 9.83. The number of fused-ring (bicyclic) bond motifs is 5. The van der Waals surface area contributed by atoms with Crippen LogP contribution in [0.1, 0.15) is 32.1 Å². The summed E-state index contributed by atoms with van der Waals surface area (Å²) >= 11 is 0. The molecule has 0 bridgehead atoms. The SMILES string of the molecule is O=C(N/N=C/c1ccnc2ccccc12)c1ccc2ccc3ccc(C(=O)N/N=C/c4ccnc5ccccc45)nc3c2n1. The molecule has 2 amide bonds. The summed E-state index contributed by atoms with van der Waals surface area (Å²) in [6, 6.07) is 29.6. The summed E-state index contributed by atoms with van der Waals surface area (Å²) in [5, 5.41) is 11.7. The molecule has 0 aliphatic carbocycles. The quantitative estimate of drug-likeness (QED) is 0.155. The van der Waals surface area contributed by atoms with Crippen molar-refractivity contribution >= 4 is 67.9 Å². The number of amides is 2. The summed E-state index contributed by atoms with van der Waals surface area (Å²) in [6.45, 7) is 0. The highest BCUT2D eigenvalue weighted by atomic mass is 16.2. The zero-order valence-corrected chi connectivity index (χ0v) is 23.0. The highest BCUT2D eigenvalue weighted by Gasteiger charge is 2.13. The number of benzene rings is 3. The Balaban J connectivity index is 1.12. The Morgan fingerprint density at radius 2 is 0.977 bits per heavy atom. The number of rotatable bonds is 6. The topological polar surface area (TPSA) is 134 Å². The Bertz CT molecular complexity index is 2130. The zero-order valence-electron chi connectivity index (χ0n) is 23.0. The van der Waals surface area contributed by atoms with Crippen LogP contribution in [0.15, 0.2) is 120 Å². The summed E-state index contributed by atoms with van der Waals surface area (Å²) in [5.74, 6) is -0.962. The molecule has 0 aliphatic rings. The Kier molecular flexibility index (Phi) is 6.89. The normalized spacial score (nSPS) is 11.6. The van der Waals surface area contributed by atoms with Crippen molar-refractivity contribution in [3.8, 4) is 0 Å². The summed E-state index contributed by atoms with van der Waals surface area (Å²) in [4.78, 5) is 43.8. The van der Waals surface area contributed by atoms with E-state index in [0.717, 1.165) is 43.7 Å². The van der Waals surface area contributed by atoms with Crippen LogP contribution in [0.2, 0.25) is 0 Å². The molecule has 3 aromatic carbocycles. The number of nitrogens with one attached hydrogen (secondary N) is 2. The molecule has 4 heterocycles. The van der Waals surface area contributed by atoms with Gasteiger partial charge in [-0.1, -0.05) is 60.7 Å². The summed E-state index contributed by atoms with van der Waals surface area (Å²) < 4.78 is 0. The van der Waals surface area contributed by atoms with Crippen LogP contribution in [-0.2, 0) is 0 Å². The van der Waals surface area contributed by atoms with Crippen molar-refractivity contribution < 1.29 is 9.59 Å². The molecule has 10 heteroatoms. The minimum Gasteiger partial charge on any atom is -0.266 e. The van der Waals surface area contributed by atoms with Crippen LogP contribution < -0.4 is 10.9 Å². The van der Waals surface area contributed by atoms with Crippen molar-refractivity contribution in [1.29, 1.82) is 0 Å². The number of aromatic nitrogens is 4. The van der Waals surface area contributed by atoms with Gasteiger partial charge in [-0.15, -0.1) is 0 Å². The zero-order chi connectivity index (χ0) is 29.9. The smallest absolute Gasteiger partial charge is 0.266 e. The highest BCUT2D eigenvalue weighted by molar-refractivity contribution is 6.07. The van der Waals surface area contributed by atoms with Crippen LogP contribution in [0.4, 0.5) is 0 Å². The standard InChI is InChI=1S/C34H22N8O2/c43-33(41-37-19-23-15-17-35-27-7-3-1-5-25(23)27)29-13-11-21-9-10-22-12-14-30(40-32(22)31(21)39-29)34(44)42-38-20-24-16-18-36-28-8-4-2-6-26(24)28/h1-20H,(H,41,43)(H,42,44)/b37-19+,38-20+. The number of hydrazone groups is 2. The van der Waals surface area contributed by atoms with Crippen LogP contribution in [0.5, 0.6) is 0 Å². The van der Waals surface area contributed by atoms with Crippen LogP contribution in [0.3, 0.4) is 0 Å². The van der Waals surface area contributed by atoms with E-state index < -0.39 is 11.8 Å². The molecule has 0 fully saturated rings. The van der Waals surface area contributed by atoms with E-state index in [1.54, 1.807) is 49.1 Å². The maximum Gasteiger partial charge on any atom is 0.289 e. The number of pyridine rings is 4. The van der Waals surface area contributed by atoms with Crippen LogP contribution in [0.25, 0.3) is 43.6 Å². The van der Waals surface area contributed by atoms with E-state index in [-0.39, 0.29) is 11.4 Å². The van der Waals surface area contributed by atoms with Gasteiger partial charge in [-0.2, -0.15) is 10.2 Å². The van der Waals surface area contributed by atoms with Crippen molar-refractivity contribution in [2.75, 3.05) is 0 Å². The third kappa shape index (κ3) is 5.19. The molecule has 0 radical (unpaired) electrons. The Labute approximate surface area is 250 Å². The third-order valence-corrected chi connectivity index (χ3v) is 7.09. The van der Waals surface area contributed by atoms with Crippen molar-refractivity contribution in [1.82, 2.24) is 30.8 Å². The molecule has 44 heavy (non-hydrogen) atoms. The lowest BCUT2D eigenvalue weighted by atomic mass is 10.1. The van der Waals surface area contributed by atoms with Gasteiger partial charge >= 0.3 is 0 Å². The molecule has 4 aromatic heterocycles. The molecule has 0 saturated heterocycles. The van der Waals surface area contributed by atoms with E-state index in [2.05, 4.69) is 41.0 Å². The predicted octanol–water partition coefficient (Wildman–Crippen LogP) is 5.41. The van der Waals surface area contributed by atoms with Gasteiger partial charge < -0.3 is 0 Å². The number of carbonyl (C=O) groups excluding carboxylic acids is 2. The van der Waals surface area contributed by atoms with Gasteiger partial charge in [0.1, 0.15) is 11.4 Å². The van der Waals surface area contributed by atoms with Gasteiger partial charge in [-0.3, -0.25) is 19.6 Å². The largest absolute Gasteiger partial charge is 0.289 e. The summed E-state index contributed by atoms with van der Waals surface area (Å²) in [7, 11) is 0. The molecule has 0 spiro atoms. The molecule has 0 atom stereocenters. The molecular weight excluding hydrogens is 552 g/mol. The van der Waals surface area contributed by atoms with Crippen LogP contribution >= 0.6 is 0 Å². The molecule has 0 saturated carbocycles. The Hall–Kier alpha value is -6.42. The van der Waals surface area contributed by atoms with E-state index in [1.807, 2.05) is 72.8 Å². The molecule has 0 aliphatic heterocycles. The molecular formula is C34H22N8O2. The highest BCUT2D eigenvalue weighted by Crippen LogP contribution is 2.23. The van der Waals surface area contributed by atoms with Gasteiger partial charge in [-0.25, -0.2) is 20.8 Å². The van der Waals surface area contributed by atoms with E-state index in [1.165, 1.54) is 0 Å². The lowest BCUT2D eigenvalue weighted by Gasteiger charge is -2.07. The average molecular weight is 575 g/mol. The number of carbonyl (C=O) groups is 2. The van der Waals surface area contributed by atoms with Crippen molar-refractivity contribution in [2.45, 2.75) is 0 Å². The fraction of sp³-hybridized carbons (Fsp3) is 0. The van der Waals surface area contributed by atoms with Gasteiger partial charge in [0.15, 0.2) is 0 Å². The second kappa shape index (κ2) is 11.5. The van der Waals surface area contributed by atoms with Crippen LogP contribution in [-0.4, -0.2) is 44.2 Å². The number of hydrogen-bond donors (Lipinski definition) is 2. The minimum atomic E-state index is -0.481. The average Bonchev–Trinajstić information content (AvgIpc) is 3.07. The van der Waals surface area contributed by atoms with E-state index in [0.29, 0.717) is 11.0 Å². The second-order valence-corrected chi connectivity index (χ2v) is 9.83. The number of nitrogens with zero attached hydrogens (tertiary/aromatic N) is 6. The van der Waals surface area contributed by atoms with Gasteiger partial charge in [0.25, 0.3) is 11.8 Å². The first-order valence-electron chi connectivity index (χ1n) is 13.7. The number of hydrogen-bond acceptors (Lipinski definition) is 8. The maximum absolute atomic E-state index is 13.0.